The lowest BCUT2D eigenvalue weighted by Gasteiger charge is -2.21. The van der Waals surface area contributed by atoms with Crippen LogP contribution in [0.2, 0.25) is 0 Å². The lowest BCUT2D eigenvalue weighted by atomic mass is 10.1. The van der Waals surface area contributed by atoms with Crippen molar-refractivity contribution < 1.29 is 0 Å². The van der Waals surface area contributed by atoms with Crippen LogP contribution in [0.1, 0.15) is 30.8 Å². The minimum atomic E-state index is 0.732. The Labute approximate surface area is 167 Å². The van der Waals surface area contributed by atoms with Crippen LogP contribution in [0.15, 0.2) is 54.6 Å². The van der Waals surface area contributed by atoms with Gasteiger partial charge < -0.3 is 15.5 Å². The van der Waals surface area contributed by atoms with Crippen LogP contribution in [0, 0.1) is 13.8 Å². The van der Waals surface area contributed by atoms with Crippen LogP contribution in [0.4, 0.5) is 23.0 Å². The SMILES string of the molecule is CCN(CC)c1ccc(Nc2cc(NCc3cccc(C)c3)nc(C)n2)cc1. The number of hydrogen-bond donors (Lipinski definition) is 2. The Bertz CT molecular complexity index is 901. The number of aromatic nitrogens is 2. The Kier molecular flexibility index (Phi) is 6.48. The molecule has 0 amide bonds. The summed E-state index contributed by atoms with van der Waals surface area (Å²) >= 11 is 0. The molecule has 28 heavy (non-hydrogen) atoms. The molecule has 0 saturated carbocycles. The third-order valence-electron chi connectivity index (χ3n) is 4.66. The van der Waals surface area contributed by atoms with Gasteiger partial charge >= 0.3 is 0 Å². The molecule has 5 nitrogen and oxygen atoms in total. The fraction of sp³-hybridized carbons (Fsp3) is 0.304. The van der Waals surface area contributed by atoms with Crippen molar-refractivity contribution in [1.82, 2.24) is 9.97 Å². The van der Waals surface area contributed by atoms with E-state index in [0.717, 1.165) is 42.8 Å². The summed E-state index contributed by atoms with van der Waals surface area (Å²) in [6.45, 7) is 11.1. The monoisotopic (exact) mass is 375 g/mol. The molecule has 3 rings (SSSR count). The third-order valence-corrected chi connectivity index (χ3v) is 4.66. The van der Waals surface area contributed by atoms with Gasteiger partial charge in [-0.05, 0) is 57.5 Å². The Morgan fingerprint density at radius 1 is 0.857 bits per heavy atom. The van der Waals surface area contributed by atoms with E-state index in [1.54, 1.807) is 0 Å². The van der Waals surface area contributed by atoms with Crippen LogP contribution in [-0.4, -0.2) is 23.1 Å². The molecule has 0 aliphatic rings. The summed E-state index contributed by atoms with van der Waals surface area (Å²) in [6, 6.07) is 18.9. The maximum absolute atomic E-state index is 4.52. The van der Waals surface area contributed by atoms with Crippen LogP contribution in [0.25, 0.3) is 0 Å². The molecule has 0 atom stereocenters. The predicted octanol–water partition coefficient (Wildman–Crippen LogP) is 5.30. The fourth-order valence-electron chi connectivity index (χ4n) is 3.23. The van der Waals surface area contributed by atoms with Gasteiger partial charge in [0, 0.05) is 37.1 Å². The molecule has 1 aromatic heterocycles. The lowest BCUT2D eigenvalue weighted by Crippen LogP contribution is -2.21. The normalized spacial score (nSPS) is 10.6. The highest BCUT2D eigenvalue weighted by Crippen LogP contribution is 2.22. The van der Waals surface area contributed by atoms with Crippen LogP contribution in [0.3, 0.4) is 0 Å². The maximum Gasteiger partial charge on any atom is 0.136 e. The molecule has 0 spiro atoms. The predicted molar refractivity (Wildman–Crippen MR) is 119 cm³/mol. The zero-order chi connectivity index (χ0) is 19.9. The Morgan fingerprint density at radius 2 is 1.57 bits per heavy atom. The van der Waals surface area contributed by atoms with E-state index in [1.165, 1.54) is 16.8 Å². The summed E-state index contributed by atoms with van der Waals surface area (Å²) in [5.41, 5.74) is 4.74. The van der Waals surface area contributed by atoms with Crippen LogP contribution in [-0.2, 0) is 6.54 Å². The second-order valence-corrected chi connectivity index (χ2v) is 6.87. The van der Waals surface area contributed by atoms with Crippen LogP contribution < -0.4 is 15.5 Å². The molecule has 0 fully saturated rings. The standard InChI is InChI=1S/C23H29N5/c1-5-28(6-2)21-12-10-20(11-13-21)27-23-15-22(25-18(4)26-23)24-16-19-9-7-8-17(3)14-19/h7-15H,5-6,16H2,1-4H3,(H2,24,25,26,27). The van der Waals surface area contributed by atoms with Gasteiger partial charge in [-0.2, -0.15) is 0 Å². The van der Waals surface area contributed by atoms with Crippen molar-refractivity contribution in [3.05, 3.63) is 71.5 Å². The third kappa shape index (κ3) is 5.22. The number of nitrogens with one attached hydrogen (secondary N) is 2. The van der Waals surface area contributed by atoms with Gasteiger partial charge in [-0.15, -0.1) is 0 Å². The summed E-state index contributed by atoms with van der Waals surface area (Å²) in [4.78, 5) is 11.3. The molecule has 0 saturated heterocycles. The molecule has 2 N–H and O–H groups in total. The summed E-state index contributed by atoms with van der Waals surface area (Å²) in [5.74, 6) is 2.34. The maximum atomic E-state index is 4.52. The molecule has 0 unspecified atom stereocenters. The zero-order valence-electron chi connectivity index (χ0n) is 17.2. The Balaban J connectivity index is 1.69. The molecule has 5 heteroatoms. The van der Waals surface area contributed by atoms with Gasteiger partial charge in [0.2, 0.25) is 0 Å². The van der Waals surface area contributed by atoms with Crippen molar-refractivity contribution in [2.24, 2.45) is 0 Å². The number of aryl methyl sites for hydroxylation is 2. The number of nitrogens with zero attached hydrogens (tertiary/aromatic N) is 3. The highest BCUT2D eigenvalue weighted by Gasteiger charge is 2.05. The minimum absolute atomic E-state index is 0.732. The number of hydrogen-bond acceptors (Lipinski definition) is 5. The van der Waals surface area contributed by atoms with Crippen LogP contribution >= 0.6 is 0 Å². The topological polar surface area (TPSA) is 53.1 Å². The summed E-state index contributed by atoms with van der Waals surface area (Å²) < 4.78 is 0. The van der Waals surface area contributed by atoms with Gasteiger partial charge in [0.15, 0.2) is 0 Å². The molecule has 1 heterocycles. The van der Waals surface area contributed by atoms with E-state index in [-0.39, 0.29) is 0 Å². The van der Waals surface area contributed by atoms with Gasteiger partial charge in [-0.25, -0.2) is 9.97 Å². The molecular weight excluding hydrogens is 346 g/mol. The Hall–Kier alpha value is -3.08. The first-order chi connectivity index (χ1) is 13.6. The van der Waals surface area contributed by atoms with Crippen molar-refractivity contribution in [3.63, 3.8) is 0 Å². The van der Waals surface area contributed by atoms with Crippen molar-refractivity contribution in [2.75, 3.05) is 28.6 Å². The Morgan fingerprint density at radius 3 is 2.25 bits per heavy atom. The smallest absolute Gasteiger partial charge is 0.136 e. The number of rotatable bonds is 8. The van der Waals surface area contributed by atoms with Crippen molar-refractivity contribution in [3.8, 4) is 0 Å². The number of anilines is 4. The van der Waals surface area contributed by atoms with Gasteiger partial charge in [0.05, 0.1) is 0 Å². The van der Waals surface area contributed by atoms with Gasteiger partial charge in [-0.1, -0.05) is 29.8 Å². The average molecular weight is 376 g/mol. The zero-order valence-corrected chi connectivity index (χ0v) is 17.2. The van der Waals surface area contributed by atoms with Crippen LogP contribution in [0.5, 0.6) is 0 Å². The summed E-state index contributed by atoms with van der Waals surface area (Å²) in [5, 5.41) is 6.78. The van der Waals surface area contributed by atoms with E-state index >= 15 is 0 Å². The first kappa shape index (κ1) is 19.7. The largest absolute Gasteiger partial charge is 0.372 e. The first-order valence-electron chi connectivity index (χ1n) is 9.84. The molecule has 0 bridgehead atoms. The lowest BCUT2D eigenvalue weighted by molar-refractivity contribution is 0.866. The second-order valence-electron chi connectivity index (χ2n) is 6.87. The highest BCUT2D eigenvalue weighted by molar-refractivity contribution is 5.62. The molecule has 2 aromatic carbocycles. The molecule has 0 radical (unpaired) electrons. The van der Waals surface area contributed by atoms with E-state index < -0.39 is 0 Å². The number of benzene rings is 2. The minimum Gasteiger partial charge on any atom is -0.372 e. The van der Waals surface area contributed by atoms with Crippen molar-refractivity contribution >= 4 is 23.0 Å². The summed E-state index contributed by atoms with van der Waals surface area (Å²) in [6.07, 6.45) is 0. The van der Waals surface area contributed by atoms with Crippen molar-refractivity contribution in [1.29, 1.82) is 0 Å². The molecule has 146 valence electrons. The molecule has 3 aromatic rings. The van der Waals surface area contributed by atoms with E-state index in [1.807, 2.05) is 13.0 Å². The molecule has 0 aliphatic heterocycles. The van der Waals surface area contributed by atoms with Crippen molar-refractivity contribution in [2.45, 2.75) is 34.2 Å². The van der Waals surface area contributed by atoms with E-state index in [4.69, 9.17) is 0 Å². The second kappa shape index (κ2) is 9.22. The van der Waals surface area contributed by atoms with Gasteiger partial charge in [-0.3, -0.25) is 0 Å². The average Bonchev–Trinajstić information content (AvgIpc) is 2.68. The van der Waals surface area contributed by atoms with E-state index in [0.29, 0.717) is 0 Å². The highest BCUT2D eigenvalue weighted by atomic mass is 15.1. The van der Waals surface area contributed by atoms with E-state index in [2.05, 4.69) is 94.8 Å². The molecule has 0 aliphatic carbocycles. The summed E-state index contributed by atoms with van der Waals surface area (Å²) in [7, 11) is 0. The first-order valence-corrected chi connectivity index (χ1v) is 9.84. The van der Waals surface area contributed by atoms with E-state index in [9.17, 15) is 0 Å². The van der Waals surface area contributed by atoms with Gasteiger partial charge in [0.25, 0.3) is 0 Å². The quantitative estimate of drug-likeness (QED) is 0.560. The fourth-order valence-corrected chi connectivity index (χ4v) is 3.23. The van der Waals surface area contributed by atoms with Gasteiger partial charge in [0.1, 0.15) is 17.5 Å². The molecular formula is C23H29N5.